The standard InChI is InChI=1S/C19H30N6S/c1-12(2)25-11-15-6-7-16(10-17(15)24-25)23-19(20-5)21-9-8-18-13(3)22-14(4)26-18/h11-12,16H,6-10H2,1-5H3,(H2,20,21,23). The van der Waals surface area contributed by atoms with Crippen LogP contribution in [-0.2, 0) is 19.3 Å². The first-order valence-corrected chi connectivity index (χ1v) is 10.2. The molecular formula is C19H30N6S. The Morgan fingerprint density at radius 2 is 2.23 bits per heavy atom. The van der Waals surface area contributed by atoms with Crippen molar-refractivity contribution in [2.24, 2.45) is 4.99 Å². The third-order valence-corrected chi connectivity index (χ3v) is 5.97. The molecule has 2 heterocycles. The van der Waals surface area contributed by atoms with Gasteiger partial charge in [-0.1, -0.05) is 0 Å². The first kappa shape index (κ1) is 18.9. The van der Waals surface area contributed by atoms with Crippen molar-refractivity contribution in [2.45, 2.75) is 65.5 Å². The summed E-state index contributed by atoms with van der Waals surface area (Å²) >= 11 is 1.78. The predicted molar refractivity (Wildman–Crippen MR) is 108 cm³/mol. The summed E-state index contributed by atoms with van der Waals surface area (Å²) in [5, 5.41) is 12.9. The van der Waals surface area contributed by atoms with Crippen LogP contribution >= 0.6 is 11.3 Å². The van der Waals surface area contributed by atoms with Crippen molar-refractivity contribution < 1.29 is 0 Å². The Bertz CT molecular complexity index is 773. The Morgan fingerprint density at radius 1 is 1.42 bits per heavy atom. The van der Waals surface area contributed by atoms with Crippen molar-refractivity contribution in [3.8, 4) is 0 Å². The van der Waals surface area contributed by atoms with Gasteiger partial charge in [-0.3, -0.25) is 9.67 Å². The van der Waals surface area contributed by atoms with Gasteiger partial charge in [0.1, 0.15) is 0 Å². The molecule has 2 aromatic rings. The Balaban J connectivity index is 1.51. The number of nitrogens with zero attached hydrogens (tertiary/aromatic N) is 4. The van der Waals surface area contributed by atoms with Gasteiger partial charge in [0.2, 0.25) is 0 Å². The second-order valence-corrected chi connectivity index (χ2v) is 8.54. The summed E-state index contributed by atoms with van der Waals surface area (Å²) in [5.74, 6) is 0.876. The third kappa shape index (κ3) is 4.44. The van der Waals surface area contributed by atoms with Crippen LogP contribution in [0.2, 0.25) is 0 Å². The molecule has 7 heteroatoms. The molecule has 6 nitrogen and oxygen atoms in total. The zero-order chi connectivity index (χ0) is 18.7. The van der Waals surface area contributed by atoms with Crippen LogP contribution in [0.25, 0.3) is 0 Å². The molecule has 1 aliphatic carbocycles. The number of rotatable bonds is 5. The monoisotopic (exact) mass is 374 g/mol. The molecule has 0 spiro atoms. The molecule has 0 radical (unpaired) electrons. The van der Waals surface area contributed by atoms with Crippen molar-refractivity contribution in [3.05, 3.63) is 33.0 Å². The van der Waals surface area contributed by atoms with Crippen molar-refractivity contribution in [3.63, 3.8) is 0 Å². The fraction of sp³-hybridized carbons (Fsp3) is 0.632. The van der Waals surface area contributed by atoms with Gasteiger partial charge in [0.05, 0.1) is 16.4 Å². The van der Waals surface area contributed by atoms with Crippen molar-refractivity contribution in [2.75, 3.05) is 13.6 Å². The van der Waals surface area contributed by atoms with Gasteiger partial charge in [0.25, 0.3) is 0 Å². The van der Waals surface area contributed by atoms with E-state index >= 15 is 0 Å². The highest BCUT2D eigenvalue weighted by molar-refractivity contribution is 7.11. The molecule has 2 N–H and O–H groups in total. The van der Waals surface area contributed by atoms with E-state index in [9.17, 15) is 0 Å². The van der Waals surface area contributed by atoms with Gasteiger partial charge < -0.3 is 10.6 Å². The van der Waals surface area contributed by atoms with Gasteiger partial charge in [-0.15, -0.1) is 11.3 Å². The normalized spacial score (nSPS) is 17.5. The first-order chi connectivity index (χ1) is 12.5. The maximum Gasteiger partial charge on any atom is 0.191 e. The Labute approximate surface area is 160 Å². The lowest BCUT2D eigenvalue weighted by molar-refractivity contribution is 0.499. The number of hydrogen-bond acceptors (Lipinski definition) is 4. The van der Waals surface area contributed by atoms with Crippen LogP contribution in [0.3, 0.4) is 0 Å². The minimum Gasteiger partial charge on any atom is -0.356 e. The summed E-state index contributed by atoms with van der Waals surface area (Å²) in [7, 11) is 1.83. The molecule has 1 unspecified atom stereocenters. The summed E-state index contributed by atoms with van der Waals surface area (Å²) in [4.78, 5) is 10.2. The van der Waals surface area contributed by atoms with E-state index in [2.05, 4.69) is 59.2 Å². The summed E-state index contributed by atoms with van der Waals surface area (Å²) in [5.41, 5.74) is 3.78. The lowest BCUT2D eigenvalue weighted by atomic mass is 9.94. The number of guanidine groups is 1. The lowest BCUT2D eigenvalue weighted by Crippen LogP contribution is -2.46. The molecule has 0 fully saturated rings. The summed E-state index contributed by atoms with van der Waals surface area (Å²) in [6.45, 7) is 9.36. The average molecular weight is 375 g/mol. The summed E-state index contributed by atoms with van der Waals surface area (Å²) in [6, 6.07) is 0.803. The second-order valence-electron chi connectivity index (χ2n) is 7.25. The Kier molecular flexibility index (Phi) is 5.96. The molecule has 1 aliphatic rings. The maximum atomic E-state index is 4.76. The van der Waals surface area contributed by atoms with Crippen LogP contribution in [0, 0.1) is 13.8 Å². The molecule has 3 rings (SSSR count). The number of aromatic nitrogens is 3. The molecule has 1 atom stereocenters. The number of aryl methyl sites for hydroxylation is 3. The third-order valence-electron chi connectivity index (χ3n) is 4.83. The van der Waals surface area contributed by atoms with Gasteiger partial charge in [-0.2, -0.15) is 5.10 Å². The van der Waals surface area contributed by atoms with Crippen molar-refractivity contribution in [1.82, 2.24) is 25.4 Å². The minimum atomic E-state index is 0.386. The quantitative estimate of drug-likeness (QED) is 0.624. The van der Waals surface area contributed by atoms with E-state index in [0.717, 1.165) is 48.9 Å². The zero-order valence-electron chi connectivity index (χ0n) is 16.5. The maximum absolute atomic E-state index is 4.76. The number of thiazole rings is 1. The Morgan fingerprint density at radius 3 is 2.88 bits per heavy atom. The van der Waals surface area contributed by atoms with Gasteiger partial charge >= 0.3 is 0 Å². The van der Waals surface area contributed by atoms with E-state index in [0.29, 0.717) is 12.1 Å². The topological polar surface area (TPSA) is 67.1 Å². The largest absolute Gasteiger partial charge is 0.356 e. The smallest absolute Gasteiger partial charge is 0.191 e. The summed E-state index contributed by atoms with van der Waals surface area (Å²) < 4.78 is 2.08. The second kappa shape index (κ2) is 8.20. The van der Waals surface area contributed by atoms with Crippen LogP contribution in [0.4, 0.5) is 0 Å². The Hall–Kier alpha value is -1.89. The van der Waals surface area contributed by atoms with Gasteiger partial charge in [0, 0.05) is 49.6 Å². The number of nitrogens with one attached hydrogen (secondary N) is 2. The highest BCUT2D eigenvalue weighted by atomic mass is 32.1. The first-order valence-electron chi connectivity index (χ1n) is 9.43. The van der Waals surface area contributed by atoms with Crippen LogP contribution in [0.1, 0.15) is 53.1 Å². The molecule has 26 heavy (non-hydrogen) atoms. The fourth-order valence-electron chi connectivity index (χ4n) is 3.39. The minimum absolute atomic E-state index is 0.386. The van der Waals surface area contributed by atoms with E-state index in [-0.39, 0.29) is 0 Å². The van der Waals surface area contributed by atoms with E-state index in [4.69, 9.17) is 5.10 Å². The number of aliphatic imine (C=N–C) groups is 1. The SMILES string of the molecule is CN=C(NCCc1sc(C)nc1C)NC1CCc2cn(C(C)C)nc2C1. The molecule has 0 aliphatic heterocycles. The number of fused-ring (bicyclic) bond motifs is 1. The van der Waals surface area contributed by atoms with E-state index < -0.39 is 0 Å². The molecule has 0 bridgehead atoms. The van der Waals surface area contributed by atoms with Crippen LogP contribution in [-0.4, -0.2) is 40.4 Å². The van der Waals surface area contributed by atoms with Gasteiger partial charge in [-0.05, 0) is 46.1 Å². The highest BCUT2D eigenvalue weighted by Gasteiger charge is 2.23. The van der Waals surface area contributed by atoms with Crippen molar-refractivity contribution >= 4 is 17.3 Å². The molecule has 2 aromatic heterocycles. The average Bonchev–Trinajstić information content (AvgIpc) is 3.16. The summed E-state index contributed by atoms with van der Waals surface area (Å²) in [6.07, 6.45) is 6.35. The highest BCUT2D eigenvalue weighted by Crippen LogP contribution is 2.22. The van der Waals surface area contributed by atoms with Crippen LogP contribution in [0.5, 0.6) is 0 Å². The molecule has 142 valence electrons. The van der Waals surface area contributed by atoms with E-state index in [1.807, 2.05) is 7.05 Å². The van der Waals surface area contributed by atoms with Gasteiger partial charge in [0.15, 0.2) is 5.96 Å². The van der Waals surface area contributed by atoms with Crippen LogP contribution in [0.15, 0.2) is 11.2 Å². The number of hydrogen-bond donors (Lipinski definition) is 2. The molecular weight excluding hydrogens is 344 g/mol. The molecule has 0 saturated carbocycles. The van der Waals surface area contributed by atoms with E-state index in [1.165, 1.54) is 16.1 Å². The lowest BCUT2D eigenvalue weighted by Gasteiger charge is -2.24. The van der Waals surface area contributed by atoms with Crippen molar-refractivity contribution in [1.29, 1.82) is 0 Å². The zero-order valence-corrected chi connectivity index (χ0v) is 17.3. The predicted octanol–water partition coefficient (Wildman–Crippen LogP) is 2.80. The van der Waals surface area contributed by atoms with E-state index in [1.54, 1.807) is 11.3 Å². The van der Waals surface area contributed by atoms with Gasteiger partial charge in [-0.25, -0.2) is 4.98 Å². The van der Waals surface area contributed by atoms with Crippen LogP contribution < -0.4 is 10.6 Å². The fourth-order valence-corrected chi connectivity index (χ4v) is 4.32. The molecule has 0 aromatic carbocycles. The molecule has 0 amide bonds. The molecule has 0 saturated heterocycles.